The molecule has 2 N–H and O–H groups in total. The molecule has 2 aromatic rings. The van der Waals surface area contributed by atoms with Gasteiger partial charge in [-0.2, -0.15) is 0 Å². The first-order valence-electron chi connectivity index (χ1n) is 17.4. The van der Waals surface area contributed by atoms with Crippen LogP contribution in [-0.4, -0.2) is 55.2 Å². The molecular weight excluding hydrogens is 624 g/mol. The Hall–Kier alpha value is -2.70. The van der Waals surface area contributed by atoms with Crippen LogP contribution in [0.15, 0.2) is 44.9 Å². The van der Waals surface area contributed by atoms with Crippen LogP contribution in [0, 0.1) is 51.5 Å². The first-order chi connectivity index (χ1) is 22.4. The molecule has 4 fully saturated rings. The van der Waals surface area contributed by atoms with Gasteiger partial charge in [0.15, 0.2) is 0 Å². The molecule has 0 aliphatic heterocycles. The molecule has 0 spiro atoms. The molecule has 0 amide bonds. The van der Waals surface area contributed by atoms with E-state index in [0.29, 0.717) is 41.9 Å². The third-order valence-electron chi connectivity index (χ3n) is 12.9. The fourth-order valence-corrected chi connectivity index (χ4v) is 11.7. The normalized spacial score (nSPS) is 35.7. The average molecular weight is 675 g/mol. The van der Waals surface area contributed by atoms with Crippen molar-refractivity contribution in [3.8, 4) is 5.88 Å². The highest BCUT2D eigenvalue weighted by molar-refractivity contribution is 7.91. The summed E-state index contributed by atoms with van der Waals surface area (Å²) in [5.41, 5.74) is 0.356. The number of aliphatic hydroxyl groups is 2. The highest BCUT2D eigenvalue weighted by Crippen LogP contribution is 2.68. The van der Waals surface area contributed by atoms with Crippen LogP contribution >= 0.6 is 0 Å². The summed E-state index contributed by atoms with van der Waals surface area (Å²) >= 11 is 0. The van der Waals surface area contributed by atoms with Gasteiger partial charge in [0.2, 0.25) is 0 Å². The quantitative estimate of drug-likeness (QED) is 0.191. The number of esters is 1. The maximum absolute atomic E-state index is 12.9. The largest absolute Gasteiger partial charge is 0.466 e. The Morgan fingerprint density at radius 3 is 2.55 bits per heavy atom. The van der Waals surface area contributed by atoms with Crippen LogP contribution in [0.25, 0.3) is 0 Å². The van der Waals surface area contributed by atoms with Gasteiger partial charge >= 0.3 is 16.9 Å². The van der Waals surface area contributed by atoms with Crippen LogP contribution in [0.3, 0.4) is 0 Å². The van der Waals surface area contributed by atoms with Crippen LogP contribution in [-0.2, 0) is 19.4 Å². The summed E-state index contributed by atoms with van der Waals surface area (Å²) in [5, 5.41) is 36.6. The molecule has 4 saturated carbocycles. The first kappa shape index (κ1) is 34.2. The highest BCUT2D eigenvalue weighted by atomic mass is 32.2. The van der Waals surface area contributed by atoms with Gasteiger partial charge in [-0.05, 0) is 121 Å². The fraction of sp³-hybridized carbons (Fsp3) is 0.743. The molecule has 47 heavy (non-hydrogen) atoms. The lowest BCUT2D eigenvalue weighted by molar-refractivity contribution is -0.832. The summed E-state index contributed by atoms with van der Waals surface area (Å²) in [6.07, 6.45) is 8.91. The van der Waals surface area contributed by atoms with Gasteiger partial charge in [0, 0.05) is 12.8 Å². The smallest absolute Gasteiger partial charge is 0.414 e. The van der Waals surface area contributed by atoms with Crippen molar-refractivity contribution in [1.82, 2.24) is 5.16 Å². The Kier molecular flexibility index (Phi) is 9.68. The molecule has 4 aliphatic rings. The second-order valence-corrected chi connectivity index (χ2v) is 17.1. The summed E-state index contributed by atoms with van der Waals surface area (Å²) in [5.74, 6) is 1.85. The molecule has 1 heterocycles. The van der Waals surface area contributed by atoms with Gasteiger partial charge < -0.3 is 24.9 Å². The Labute approximate surface area is 277 Å². The van der Waals surface area contributed by atoms with E-state index in [4.69, 9.17) is 9.47 Å². The SMILES string of the molecule is C[C@H](CCC(=O)OCCCOc1no[n+]([O-])c1S(=O)(=O)c1ccccc1)[C@H]1CC[C@H]2C3[C@@H](O)C[C@@H]4C[C@H](O)CC[C@]4(C)[C@H]3CC[C@]12C. The Morgan fingerprint density at radius 2 is 1.79 bits per heavy atom. The second kappa shape index (κ2) is 13.3. The number of nitrogens with zero attached hydrogens (tertiary/aromatic N) is 2. The minimum absolute atomic E-state index is 0.0241. The lowest BCUT2D eigenvalue weighted by Crippen LogP contribution is -2.58. The van der Waals surface area contributed by atoms with Crippen molar-refractivity contribution in [2.45, 2.75) is 114 Å². The Bertz CT molecular complexity index is 1520. The summed E-state index contributed by atoms with van der Waals surface area (Å²) in [6.45, 7) is 7.19. The summed E-state index contributed by atoms with van der Waals surface area (Å²) < 4.78 is 41.2. The van der Waals surface area contributed by atoms with Gasteiger partial charge in [-0.3, -0.25) is 9.42 Å². The maximum Gasteiger partial charge on any atom is 0.414 e. The van der Waals surface area contributed by atoms with Crippen molar-refractivity contribution in [2.24, 2.45) is 46.3 Å². The van der Waals surface area contributed by atoms with Crippen LogP contribution in [0.1, 0.15) is 91.4 Å². The number of aliphatic hydroxyl groups excluding tert-OH is 2. The number of carbonyl (C=O) groups excluding carboxylic acids is 1. The van der Waals surface area contributed by atoms with Gasteiger partial charge in [0.05, 0.1) is 35.5 Å². The number of rotatable bonds is 11. The highest BCUT2D eigenvalue weighted by Gasteiger charge is 2.62. The number of carbonyl (C=O) groups is 1. The van der Waals surface area contributed by atoms with E-state index in [9.17, 15) is 28.6 Å². The zero-order valence-corrected chi connectivity index (χ0v) is 28.6. The summed E-state index contributed by atoms with van der Waals surface area (Å²) in [6, 6.07) is 7.47. The lowest BCUT2D eigenvalue weighted by Gasteiger charge is -2.62. The van der Waals surface area contributed by atoms with Gasteiger partial charge in [-0.1, -0.05) is 39.0 Å². The molecular formula is C35H50N2O9S. The fourth-order valence-electron chi connectivity index (χ4n) is 10.4. The van der Waals surface area contributed by atoms with E-state index in [1.807, 2.05) is 0 Å². The van der Waals surface area contributed by atoms with E-state index in [1.54, 1.807) is 18.2 Å². The molecule has 0 radical (unpaired) electrons. The molecule has 12 heteroatoms. The van der Waals surface area contributed by atoms with Crippen molar-refractivity contribution in [3.63, 3.8) is 0 Å². The lowest BCUT2D eigenvalue weighted by atomic mass is 9.43. The van der Waals surface area contributed by atoms with E-state index >= 15 is 0 Å². The van der Waals surface area contributed by atoms with Gasteiger partial charge in [-0.25, -0.2) is 8.42 Å². The van der Waals surface area contributed by atoms with E-state index < -0.39 is 20.7 Å². The van der Waals surface area contributed by atoms with Gasteiger partial charge in [-0.15, -0.1) is 0 Å². The van der Waals surface area contributed by atoms with Crippen LogP contribution in [0.4, 0.5) is 0 Å². The predicted molar refractivity (Wildman–Crippen MR) is 169 cm³/mol. The Morgan fingerprint density at radius 1 is 1.06 bits per heavy atom. The van der Waals surface area contributed by atoms with Gasteiger partial charge in [0.1, 0.15) is 0 Å². The molecule has 0 bridgehead atoms. The number of hydrogen-bond acceptors (Lipinski definition) is 10. The number of fused-ring (bicyclic) bond motifs is 5. The molecule has 0 saturated heterocycles. The van der Waals surface area contributed by atoms with Crippen molar-refractivity contribution in [3.05, 3.63) is 35.5 Å². The van der Waals surface area contributed by atoms with E-state index in [-0.39, 0.29) is 58.4 Å². The standard InChI is InChI=1S/C35H50N2O9S/c1-22(26-11-12-27-31-28(15-17-35(26,27)3)34(2)16-14-24(38)20-23(34)21-29(31)39)10-13-30(40)44-18-7-19-45-32-33(37(41)46-36-32)47(42,43)25-8-5-4-6-9-25/h4-6,8-9,22-24,26-29,31,38-39H,7,10-21H2,1-3H3/t22-,23+,24-,26-,27+,28+,29+,31?,34+,35-/m1/s1. The number of benzene rings is 1. The summed E-state index contributed by atoms with van der Waals surface area (Å²) in [7, 11) is -4.20. The molecule has 1 unspecified atom stereocenters. The predicted octanol–water partition coefficient (Wildman–Crippen LogP) is 4.86. The third kappa shape index (κ3) is 6.30. The van der Waals surface area contributed by atoms with E-state index in [2.05, 4.69) is 30.6 Å². The van der Waals surface area contributed by atoms with Crippen LogP contribution < -0.4 is 9.64 Å². The van der Waals surface area contributed by atoms with Crippen molar-refractivity contribution >= 4 is 15.8 Å². The van der Waals surface area contributed by atoms with Crippen LogP contribution in [0.2, 0.25) is 0 Å². The number of aromatic nitrogens is 2. The molecule has 6 rings (SSSR count). The number of hydrogen-bond donors (Lipinski definition) is 2. The minimum atomic E-state index is -4.20. The van der Waals surface area contributed by atoms with Gasteiger partial charge in [0.25, 0.3) is 9.84 Å². The van der Waals surface area contributed by atoms with Crippen LogP contribution in [0.5, 0.6) is 5.88 Å². The van der Waals surface area contributed by atoms with Crippen molar-refractivity contribution < 1.29 is 42.4 Å². The zero-order chi connectivity index (χ0) is 33.6. The second-order valence-electron chi connectivity index (χ2n) is 15.2. The molecule has 1 aromatic carbocycles. The van der Waals surface area contributed by atoms with E-state index in [1.165, 1.54) is 12.1 Å². The molecule has 1 aromatic heterocycles. The molecule has 260 valence electrons. The first-order valence-corrected chi connectivity index (χ1v) is 18.9. The van der Waals surface area contributed by atoms with Crippen molar-refractivity contribution in [1.29, 1.82) is 0 Å². The maximum atomic E-state index is 12.9. The topological polar surface area (TPSA) is 163 Å². The third-order valence-corrected chi connectivity index (χ3v) is 14.6. The summed E-state index contributed by atoms with van der Waals surface area (Å²) in [4.78, 5) is 12.4. The monoisotopic (exact) mass is 674 g/mol. The average Bonchev–Trinajstić information content (AvgIpc) is 3.60. The molecule has 11 nitrogen and oxygen atoms in total. The van der Waals surface area contributed by atoms with Crippen molar-refractivity contribution in [2.75, 3.05) is 13.2 Å². The minimum Gasteiger partial charge on any atom is -0.466 e. The number of ether oxygens (including phenoxy) is 2. The Balaban J connectivity index is 0.966. The number of sulfone groups is 1. The molecule has 10 atom stereocenters. The zero-order valence-electron chi connectivity index (χ0n) is 27.8. The van der Waals surface area contributed by atoms with E-state index in [0.717, 1.165) is 57.8 Å². The molecule has 4 aliphatic carbocycles.